The average molecular weight is 380 g/mol. The van der Waals surface area contributed by atoms with E-state index in [4.69, 9.17) is 4.52 Å². The number of anilines is 1. The highest BCUT2D eigenvalue weighted by Gasteiger charge is 2.24. The lowest BCUT2D eigenvalue weighted by Crippen LogP contribution is -2.49. The maximum atomic E-state index is 13.9. The molecule has 1 amide bonds. The predicted molar refractivity (Wildman–Crippen MR) is 103 cm³/mol. The van der Waals surface area contributed by atoms with Crippen molar-refractivity contribution in [3.05, 3.63) is 65.8 Å². The molecule has 1 aliphatic rings. The first kappa shape index (κ1) is 18.2. The smallest absolute Gasteiger partial charge is 0.236 e. The van der Waals surface area contributed by atoms with E-state index in [2.05, 4.69) is 10.1 Å². The molecular weight excluding hydrogens is 359 g/mol. The van der Waals surface area contributed by atoms with Gasteiger partial charge >= 0.3 is 0 Å². The third-order valence-corrected chi connectivity index (χ3v) is 4.98. The number of carbonyl (C=O) groups is 1. The average Bonchev–Trinajstić information content (AvgIpc) is 3.17. The molecule has 0 bridgehead atoms. The normalized spacial score (nSPS) is 14.4. The van der Waals surface area contributed by atoms with Crippen molar-refractivity contribution in [1.82, 2.24) is 15.0 Å². The van der Waals surface area contributed by atoms with Crippen molar-refractivity contribution in [2.45, 2.75) is 13.3 Å². The van der Waals surface area contributed by atoms with Gasteiger partial charge in [0.2, 0.25) is 17.6 Å². The van der Waals surface area contributed by atoms with Gasteiger partial charge in [-0.3, -0.25) is 4.79 Å². The molecule has 28 heavy (non-hydrogen) atoms. The zero-order valence-electron chi connectivity index (χ0n) is 15.6. The van der Waals surface area contributed by atoms with Gasteiger partial charge in [0.1, 0.15) is 12.2 Å². The Morgan fingerprint density at radius 1 is 1.07 bits per heavy atom. The van der Waals surface area contributed by atoms with Crippen LogP contribution in [0.15, 0.2) is 53.1 Å². The van der Waals surface area contributed by atoms with Crippen molar-refractivity contribution in [3.8, 4) is 11.4 Å². The molecule has 1 fully saturated rings. The van der Waals surface area contributed by atoms with Crippen molar-refractivity contribution in [2.24, 2.45) is 0 Å². The van der Waals surface area contributed by atoms with Crippen LogP contribution in [0.25, 0.3) is 11.4 Å². The Morgan fingerprint density at radius 2 is 1.79 bits per heavy atom. The minimum absolute atomic E-state index is 0.0619. The van der Waals surface area contributed by atoms with E-state index in [1.165, 1.54) is 6.07 Å². The lowest BCUT2D eigenvalue weighted by atomic mass is 10.1. The van der Waals surface area contributed by atoms with Crippen LogP contribution in [0.5, 0.6) is 0 Å². The van der Waals surface area contributed by atoms with Gasteiger partial charge in [0.15, 0.2) is 0 Å². The van der Waals surface area contributed by atoms with Gasteiger partial charge in [-0.1, -0.05) is 41.6 Å². The Kier molecular flexibility index (Phi) is 5.06. The third-order valence-electron chi connectivity index (χ3n) is 4.98. The predicted octanol–water partition coefficient (Wildman–Crippen LogP) is 3.08. The summed E-state index contributed by atoms with van der Waals surface area (Å²) in [7, 11) is 0. The van der Waals surface area contributed by atoms with E-state index in [-0.39, 0.29) is 18.1 Å². The zero-order valence-corrected chi connectivity index (χ0v) is 15.6. The summed E-state index contributed by atoms with van der Waals surface area (Å²) in [6, 6.07) is 14.5. The van der Waals surface area contributed by atoms with Gasteiger partial charge in [-0.25, -0.2) is 4.39 Å². The van der Waals surface area contributed by atoms with Gasteiger partial charge < -0.3 is 14.3 Å². The van der Waals surface area contributed by atoms with E-state index < -0.39 is 0 Å². The molecule has 144 valence electrons. The number of aromatic nitrogens is 2. The van der Waals surface area contributed by atoms with Crippen molar-refractivity contribution in [2.75, 3.05) is 31.1 Å². The van der Waals surface area contributed by atoms with Crippen LogP contribution in [-0.2, 0) is 11.2 Å². The van der Waals surface area contributed by atoms with Crippen LogP contribution in [0, 0.1) is 12.7 Å². The Balaban J connectivity index is 1.37. The number of hydrogen-bond acceptors (Lipinski definition) is 5. The first-order chi connectivity index (χ1) is 13.6. The van der Waals surface area contributed by atoms with E-state index in [1.54, 1.807) is 17.0 Å². The zero-order chi connectivity index (χ0) is 19.5. The number of rotatable bonds is 4. The molecule has 4 rings (SSSR count). The number of amides is 1. The van der Waals surface area contributed by atoms with Gasteiger partial charge in [0, 0.05) is 31.7 Å². The fourth-order valence-corrected chi connectivity index (χ4v) is 3.41. The van der Waals surface area contributed by atoms with Crippen molar-refractivity contribution >= 4 is 11.6 Å². The molecule has 1 aliphatic heterocycles. The number of piperazine rings is 1. The van der Waals surface area contributed by atoms with Crippen molar-refractivity contribution in [1.29, 1.82) is 0 Å². The number of halogens is 1. The van der Waals surface area contributed by atoms with Gasteiger partial charge in [0.25, 0.3) is 0 Å². The second kappa shape index (κ2) is 7.80. The molecule has 0 saturated carbocycles. The van der Waals surface area contributed by atoms with E-state index in [9.17, 15) is 9.18 Å². The van der Waals surface area contributed by atoms with E-state index in [1.807, 2.05) is 42.2 Å². The lowest BCUT2D eigenvalue weighted by molar-refractivity contribution is -0.131. The number of benzene rings is 2. The molecule has 6 nitrogen and oxygen atoms in total. The molecule has 2 heterocycles. The first-order valence-electron chi connectivity index (χ1n) is 9.27. The SMILES string of the molecule is Cc1ccccc1-c1noc(CC(=O)N2CCN(c3ccccc3F)CC2)n1. The summed E-state index contributed by atoms with van der Waals surface area (Å²) in [6.45, 7) is 4.22. The second-order valence-electron chi connectivity index (χ2n) is 6.82. The van der Waals surface area contributed by atoms with Crippen LogP contribution >= 0.6 is 0 Å². The number of aryl methyl sites for hydroxylation is 1. The van der Waals surface area contributed by atoms with Gasteiger partial charge in [-0.2, -0.15) is 4.98 Å². The molecule has 2 aromatic carbocycles. The molecule has 0 N–H and O–H groups in total. The molecule has 0 unspecified atom stereocenters. The number of carbonyl (C=O) groups excluding carboxylic acids is 1. The highest BCUT2D eigenvalue weighted by atomic mass is 19.1. The summed E-state index contributed by atoms with van der Waals surface area (Å²) in [5, 5.41) is 4.00. The molecule has 0 atom stereocenters. The molecular formula is C21H21FN4O2. The maximum Gasteiger partial charge on any atom is 0.236 e. The Morgan fingerprint density at radius 3 is 2.54 bits per heavy atom. The molecule has 3 aromatic rings. The lowest BCUT2D eigenvalue weighted by Gasteiger charge is -2.36. The molecule has 7 heteroatoms. The minimum atomic E-state index is -0.239. The Labute approximate surface area is 162 Å². The number of para-hydroxylation sites is 1. The quantitative estimate of drug-likeness (QED) is 0.696. The largest absolute Gasteiger partial charge is 0.366 e. The summed E-state index contributed by atoms with van der Waals surface area (Å²) in [5.41, 5.74) is 2.52. The molecule has 1 aromatic heterocycles. The summed E-state index contributed by atoms with van der Waals surface area (Å²) in [4.78, 5) is 20.7. The van der Waals surface area contributed by atoms with Crippen LogP contribution in [0.4, 0.5) is 10.1 Å². The summed E-state index contributed by atoms with van der Waals surface area (Å²) in [5.74, 6) is 0.495. The Bertz CT molecular complexity index is 980. The Hall–Kier alpha value is -3.22. The monoisotopic (exact) mass is 380 g/mol. The van der Waals surface area contributed by atoms with Crippen LogP contribution in [0.2, 0.25) is 0 Å². The summed E-state index contributed by atoms with van der Waals surface area (Å²) in [6.07, 6.45) is 0.0680. The van der Waals surface area contributed by atoms with Gasteiger partial charge in [0.05, 0.1) is 5.69 Å². The fraction of sp³-hybridized carbons (Fsp3) is 0.286. The van der Waals surface area contributed by atoms with Crippen LogP contribution in [0.3, 0.4) is 0 Å². The molecule has 0 radical (unpaired) electrons. The van der Waals surface area contributed by atoms with Gasteiger partial charge in [-0.05, 0) is 24.6 Å². The first-order valence-corrected chi connectivity index (χ1v) is 9.27. The van der Waals surface area contributed by atoms with E-state index >= 15 is 0 Å². The van der Waals surface area contributed by atoms with Crippen molar-refractivity contribution < 1.29 is 13.7 Å². The molecule has 1 saturated heterocycles. The fourth-order valence-electron chi connectivity index (χ4n) is 3.41. The molecule has 0 aliphatic carbocycles. The topological polar surface area (TPSA) is 62.5 Å². The van der Waals surface area contributed by atoms with E-state index in [0.717, 1.165) is 11.1 Å². The summed E-state index contributed by atoms with van der Waals surface area (Å²) < 4.78 is 19.2. The summed E-state index contributed by atoms with van der Waals surface area (Å²) >= 11 is 0. The standard InChI is InChI=1S/C21H21FN4O2/c1-15-6-2-3-7-16(15)21-23-19(28-24-21)14-20(27)26-12-10-25(11-13-26)18-9-5-4-8-17(18)22/h2-9H,10-14H2,1H3. The van der Waals surface area contributed by atoms with Crippen LogP contribution in [0.1, 0.15) is 11.5 Å². The van der Waals surface area contributed by atoms with Crippen molar-refractivity contribution in [3.63, 3.8) is 0 Å². The third kappa shape index (κ3) is 3.74. The number of nitrogens with zero attached hydrogens (tertiary/aromatic N) is 4. The van der Waals surface area contributed by atoms with Crippen LogP contribution in [-0.4, -0.2) is 47.1 Å². The second-order valence-corrected chi connectivity index (χ2v) is 6.82. The highest BCUT2D eigenvalue weighted by molar-refractivity contribution is 5.78. The van der Waals surface area contributed by atoms with Gasteiger partial charge in [-0.15, -0.1) is 0 Å². The number of hydrogen-bond donors (Lipinski definition) is 0. The highest BCUT2D eigenvalue weighted by Crippen LogP contribution is 2.22. The van der Waals surface area contributed by atoms with E-state index in [0.29, 0.717) is 43.6 Å². The van der Waals surface area contributed by atoms with Crippen LogP contribution < -0.4 is 4.90 Å². The minimum Gasteiger partial charge on any atom is -0.366 e. The molecule has 0 spiro atoms. The maximum absolute atomic E-state index is 13.9.